The number of halogens is 1. The van der Waals surface area contributed by atoms with Gasteiger partial charge in [0.15, 0.2) is 0 Å². The van der Waals surface area contributed by atoms with Crippen LogP contribution in [0.25, 0.3) is 16.6 Å². The lowest BCUT2D eigenvalue weighted by Gasteiger charge is -2.15. The third-order valence-corrected chi connectivity index (χ3v) is 5.84. The average Bonchev–Trinajstić information content (AvgIpc) is 3.63. The molecular formula is C26H22FN3O3. The molecule has 1 saturated carbocycles. The summed E-state index contributed by atoms with van der Waals surface area (Å²) in [7, 11) is 0. The number of nitrogens with one attached hydrogen (secondary N) is 1. The van der Waals surface area contributed by atoms with Gasteiger partial charge in [0.2, 0.25) is 5.91 Å². The van der Waals surface area contributed by atoms with Crippen molar-refractivity contribution in [3.8, 4) is 5.69 Å². The highest BCUT2D eigenvalue weighted by Gasteiger charge is 2.23. The lowest BCUT2D eigenvalue weighted by molar-refractivity contribution is -0.120. The second-order valence-electron chi connectivity index (χ2n) is 8.30. The highest BCUT2D eigenvalue weighted by atomic mass is 19.1. The van der Waals surface area contributed by atoms with E-state index < -0.39 is 17.1 Å². The Labute approximate surface area is 188 Å². The molecule has 0 bridgehead atoms. The van der Waals surface area contributed by atoms with Gasteiger partial charge in [0.25, 0.3) is 5.56 Å². The van der Waals surface area contributed by atoms with Crippen LogP contribution in [0.15, 0.2) is 82.4 Å². The van der Waals surface area contributed by atoms with Crippen LogP contribution in [0, 0.1) is 5.82 Å². The van der Waals surface area contributed by atoms with Gasteiger partial charge in [-0.05, 0) is 48.7 Å². The molecule has 166 valence electrons. The fourth-order valence-corrected chi connectivity index (χ4v) is 3.95. The number of aromatic nitrogens is 2. The first-order valence-corrected chi connectivity index (χ1v) is 10.9. The van der Waals surface area contributed by atoms with Crippen LogP contribution >= 0.6 is 0 Å². The molecule has 0 aliphatic heterocycles. The van der Waals surface area contributed by atoms with Gasteiger partial charge in [-0.1, -0.05) is 42.5 Å². The van der Waals surface area contributed by atoms with Gasteiger partial charge in [0.05, 0.1) is 29.6 Å². The van der Waals surface area contributed by atoms with E-state index in [-0.39, 0.29) is 18.9 Å². The lowest BCUT2D eigenvalue weighted by atomic mass is 10.1. The van der Waals surface area contributed by atoms with Gasteiger partial charge in [0, 0.05) is 11.6 Å². The minimum Gasteiger partial charge on any atom is -0.353 e. The number of para-hydroxylation sites is 1. The molecule has 0 atom stereocenters. The molecule has 3 aromatic carbocycles. The zero-order valence-electron chi connectivity index (χ0n) is 17.8. The van der Waals surface area contributed by atoms with Crippen molar-refractivity contribution in [2.75, 3.05) is 0 Å². The maximum atomic E-state index is 14.3. The van der Waals surface area contributed by atoms with Crippen LogP contribution in [0.3, 0.4) is 0 Å². The largest absolute Gasteiger partial charge is 0.353 e. The van der Waals surface area contributed by atoms with Crippen molar-refractivity contribution in [1.29, 1.82) is 0 Å². The van der Waals surface area contributed by atoms with Gasteiger partial charge in [-0.3, -0.25) is 14.2 Å². The number of hydrogen-bond acceptors (Lipinski definition) is 3. The summed E-state index contributed by atoms with van der Waals surface area (Å²) in [6.07, 6.45) is 2.28. The van der Waals surface area contributed by atoms with Crippen molar-refractivity contribution in [3.63, 3.8) is 0 Å². The van der Waals surface area contributed by atoms with E-state index in [1.54, 1.807) is 66.7 Å². The molecule has 1 amide bonds. The van der Waals surface area contributed by atoms with E-state index in [4.69, 9.17) is 0 Å². The molecule has 1 aliphatic rings. The summed E-state index contributed by atoms with van der Waals surface area (Å²) in [5.74, 6) is -0.458. The molecule has 1 fully saturated rings. The monoisotopic (exact) mass is 443 g/mol. The molecule has 1 heterocycles. The fraction of sp³-hybridized carbons (Fsp3) is 0.192. The van der Waals surface area contributed by atoms with Crippen LogP contribution in [-0.4, -0.2) is 21.1 Å². The van der Waals surface area contributed by atoms with E-state index in [1.165, 1.54) is 10.6 Å². The Morgan fingerprint density at radius 2 is 1.64 bits per heavy atom. The number of nitrogens with zero attached hydrogens (tertiary/aromatic N) is 2. The van der Waals surface area contributed by atoms with E-state index >= 15 is 0 Å². The van der Waals surface area contributed by atoms with Crippen molar-refractivity contribution >= 4 is 16.8 Å². The standard InChI is InChI=1S/C26H22FN3O3/c27-22-7-3-1-5-18(22)16-29-23-8-4-2-6-21(23)25(32)30(26(29)33)20-13-9-17(10-14-20)15-24(31)28-19-11-12-19/h1-10,13-14,19H,11-12,15-16H2,(H,28,31). The normalized spacial score (nSPS) is 13.2. The highest BCUT2D eigenvalue weighted by molar-refractivity contribution is 5.79. The molecule has 5 rings (SSSR count). The van der Waals surface area contributed by atoms with Crippen molar-refractivity contribution in [2.24, 2.45) is 0 Å². The molecule has 1 aromatic heterocycles. The van der Waals surface area contributed by atoms with E-state index in [2.05, 4.69) is 5.32 Å². The van der Waals surface area contributed by atoms with E-state index in [9.17, 15) is 18.8 Å². The topological polar surface area (TPSA) is 73.1 Å². The minimum atomic E-state index is -0.554. The Hall–Kier alpha value is -4.00. The first-order valence-electron chi connectivity index (χ1n) is 10.9. The molecular weight excluding hydrogens is 421 g/mol. The van der Waals surface area contributed by atoms with Crippen LogP contribution in [0.4, 0.5) is 4.39 Å². The first-order chi connectivity index (χ1) is 16.0. The SMILES string of the molecule is O=C(Cc1ccc(-n2c(=O)c3ccccc3n(Cc3ccccc3F)c2=O)cc1)NC1CC1. The molecule has 0 saturated heterocycles. The smallest absolute Gasteiger partial charge is 0.336 e. The van der Waals surface area contributed by atoms with Gasteiger partial charge in [0.1, 0.15) is 5.82 Å². The summed E-state index contributed by atoms with van der Waals surface area (Å²) in [6, 6.07) is 20.2. The van der Waals surface area contributed by atoms with Crippen LogP contribution in [0.5, 0.6) is 0 Å². The molecule has 0 spiro atoms. The Bertz CT molecular complexity index is 1470. The van der Waals surface area contributed by atoms with Crippen molar-refractivity contribution in [3.05, 3.63) is 111 Å². The Morgan fingerprint density at radius 3 is 2.36 bits per heavy atom. The number of benzene rings is 3. The summed E-state index contributed by atoms with van der Waals surface area (Å²) in [6.45, 7) is -0.00821. The van der Waals surface area contributed by atoms with Crippen LogP contribution < -0.4 is 16.6 Å². The molecule has 6 nitrogen and oxygen atoms in total. The van der Waals surface area contributed by atoms with Gasteiger partial charge >= 0.3 is 5.69 Å². The molecule has 0 radical (unpaired) electrons. The quantitative estimate of drug-likeness (QED) is 0.498. The lowest BCUT2D eigenvalue weighted by Crippen LogP contribution is -2.39. The molecule has 1 aliphatic carbocycles. The number of rotatable bonds is 6. The summed E-state index contributed by atoms with van der Waals surface area (Å²) in [5.41, 5.74) is 0.981. The predicted molar refractivity (Wildman–Crippen MR) is 124 cm³/mol. The Balaban J connectivity index is 1.57. The molecule has 4 aromatic rings. The van der Waals surface area contributed by atoms with E-state index in [1.807, 2.05) is 0 Å². The van der Waals surface area contributed by atoms with Crippen LogP contribution in [0.2, 0.25) is 0 Å². The van der Waals surface area contributed by atoms with Gasteiger partial charge in [-0.15, -0.1) is 0 Å². The number of carbonyl (C=O) groups is 1. The fourth-order valence-electron chi connectivity index (χ4n) is 3.95. The van der Waals surface area contributed by atoms with E-state index in [0.717, 1.165) is 23.0 Å². The van der Waals surface area contributed by atoms with Crippen LogP contribution in [0.1, 0.15) is 24.0 Å². The summed E-state index contributed by atoms with van der Waals surface area (Å²) in [5, 5.41) is 3.31. The number of fused-ring (bicyclic) bond motifs is 1. The Morgan fingerprint density at radius 1 is 0.939 bits per heavy atom. The van der Waals surface area contributed by atoms with Crippen molar-refractivity contribution < 1.29 is 9.18 Å². The van der Waals surface area contributed by atoms with Crippen molar-refractivity contribution in [1.82, 2.24) is 14.5 Å². The van der Waals surface area contributed by atoms with Gasteiger partial charge < -0.3 is 5.32 Å². The number of hydrogen-bond donors (Lipinski definition) is 1. The minimum absolute atomic E-state index is 0.00821. The highest BCUT2D eigenvalue weighted by Crippen LogP contribution is 2.19. The Kier molecular flexibility index (Phi) is 5.38. The number of carbonyl (C=O) groups excluding carboxylic acids is 1. The van der Waals surface area contributed by atoms with Crippen LogP contribution in [-0.2, 0) is 17.8 Å². The third-order valence-electron chi connectivity index (χ3n) is 5.84. The zero-order valence-corrected chi connectivity index (χ0v) is 17.8. The summed E-state index contributed by atoms with van der Waals surface area (Å²) < 4.78 is 16.8. The second kappa shape index (κ2) is 8.50. The summed E-state index contributed by atoms with van der Waals surface area (Å²) in [4.78, 5) is 38.7. The molecule has 7 heteroatoms. The maximum absolute atomic E-state index is 14.3. The number of amides is 1. The molecule has 33 heavy (non-hydrogen) atoms. The van der Waals surface area contributed by atoms with Gasteiger partial charge in [-0.25, -0.2) is 13.8 Å². The molecule has 1 N–H and O–H groups in total. The second-order valence-corrected chi connectivity index (χ2v) is 8.30. The average molecular weight is 443 g/mol. The predicted octanol–water partition coefficient (Wildman–Crippen LogP) is 3.16. The van der Waals surface area contributed by atoms with Gasteiger partial charge in [-0.2, -0.15) is 0 Å². The van der Waals surface area contributed by atoms with Crippen molar-refractivity contribution in [2.45, 2.75) is 31.8 Å². The first kappa shape index (κ1) is 20.9. The zero-order chi connectivity index (χ0) is 22.9. The maximum Gasteiger partial charge on any atom is 0.336 e. The third kappa shape index (κ3) is 4.22. The summed E-state index contributed by atoms with van der Waals surface area (Å²) >= 11 is 0. The molecule has 0 unspecified atom stereocenters. The van der Waals surface area contributed by atoms with E-state index in [0.29, 0.717) is 28.2 Å².